The number of hydrogen-bond acceptors (Lipinski definition) is 4. The van der Waals surface area contributed by atoms with Crippen molar-refractivity contribution in [2.45, 2.75) is 0 Å². The third-order valence-electron chi connectivity index (χ3n) is 2.13. The number of rotatable bonds is 2. The van der Waals surface area contributed by atoms with Gasteiger partial charge < -0.3 is 0 Å². The van der Waals surface area contributed by atoms with Crippen LogP contribution in [0.1, 0.15) is 20.8 Å². The van der Waals surface area contributed by atoms with Crippen LogP contribution < -0.4 is 10.9 Å². The van der Waals surface area contributed by atoms with E-state index in [0.29, 0.717) is 5.56 Å². The van der Waals surface area contributed by atoms with Crippen molar-refractivity contribution in [1.82, 2.24) is 20.8 Å². The highest BCUT2D eigenvalue weighted by Crippen LogP contribution is 1.95. The molecule has 0 saturated carbocycles. The number of carbonyl (C=O) groups excluding carboxylic acids is 2. The number of nitrogens with one attached hydrogen (secondary N) is 2. The van der Waals surface area contributed by atoms with E-state index in [-0.39, 0.29) is 5.69 Å². The molecule has 2 aromatic rings. The topological polar surface area (TPSA) is 84.0 Å². The van der Waals surface area contributed by atoms with Gasteiger partial charge in [0.2, 0.25) is 0 Å². The quantitative estimate of drug-likeness (QED) is 0.753. The normalized spacial score (nSPS) is 9.56. The maximum atomic E-state index is 11.6. The van der Waals surface area contributed by atoms with E-state index in [4.69, 9.17) is 0 Å². The standard InChI is InChI=1S/C12H10N4O2/c17-11(9-4-7-13-8-5-9)15-16-12(18)10-3-1-2-6-14-10/h1-8H,(H,15,17)(H,16,18). The highest BCUT2D eigenvalue weighted by Gasteiger charge is 2.08. The van der Waals surface area contributed by atoms with E-state index in [1.807, 2.05) is 0 Å². The van der Waals surface area contributed by atoms with Crippen molar-refractivity contribution in [3.8, 4) is 0 Å². The molecule has 0 spiro atoms. The average molecular weight is 242 g/mol. The maximum Gasteiger partial charge on any atom is 0.288 e. The summed E-state index contributed by atoms with van der Waals surface area (Å²) in [4.78, 5) is 30.8. The van der Waals surface area contributed by atoms with Crippen molar-refractivity contribution >= 4 is 11.8 Å². The van der Waals surface area contributed by atoms with Crippen LogP contribution in [-0.2, 0) is 0 Å². The van der Waals surface area contributed by atoms with Gasteiger partial charge >= 0.3 is 0 Å². The summed E-state index contributed by atoms with van der Waals surface area (Å²) >= 11 is 0. The zero-order valence-electron chi connectivity index (χ0n) is 9.33. The minimum atomic E-state index is -0.474. The minimum absolute atomic E-state index is 0.229. The summed E-state index contributed by atoms with van der Waals surface area (Å²) in [6.07, 6.45) is 4.49. The summed E-state index contributed by atoms with van der Waals surface area (Å²) < 4.78 is 0. The number of carbonyl (C=O) groups is 2. The molecular formula is C12H10N4O2. The SMILES string of the molecule is O=C(NNC(=O)c1ccccn1)c1ccncc1. The van der Waals surface area contributed by atoms with Crippen molar-refractivity contribution in [2.24, 2.45) is 0 Å². The second-order valence-corrected chi connectivity index (χ2v) is 3.36. The predicted molar refractivity (Wildman–Crippen MR) is 63.4 cm³/mol. The van der Waals surface area contributed by atoms with Crippen molar-refractivity contribution in [2.75, 3.05) is 0 Å². The first-order valence-corrected chi connectivity index (χ1v) is 5.19. The summed E-state index contributed by atoms with van der Waals surface area (Å²) in [5, 5.41) is 0. The molecule has 0 fully saturated rings. The molecule has 0 aromatic carbocycles. The molecule has 2 amide bonds. The van der Waals surface area contributed by atoms with Gasteiger partial charge in [-0.25, -0.2) is 0 Å². The molecule has 2 heterocycles. The number of amides is 2. The molecule has 0 bridgehead atoms. The molecule has 90 valence electrons. The molecule has 0 radical (unpaired) electrons. The molecule has 0 saturated heterocycles. The van der Waals surface area contributed by atoms with Gasteiger partial charge in [0, 0.05) is 24.2 Å². The third kappa shape index (κ3) is 2.88. The highest BCUT2D eigenvalue weighted by molar-refractivity contribution is 5.98. The lowest BCUT2D eigenvalue weighted by Gasteiger charge is -2.06. The molecular weight excluding hydrogens is 232 g/mol. The average Bonchev–Trinajstić information content (AvgIpc) is 2.46. The molecule has 6 heteroatoms. The van der Waals surface area contributed by atoms with Gasteiger partial charge in [-0.1, -0.05) is 6.07 Å². The molecule has 0 aliphatic carbocycles. The molecule has 0 atom stereocenters. The summed E-state index contributed by atoms with van der Waals surface area (Å²) in [6.45, 7) is 0. The monoisotopic (exact) mass is 242 g/mol. The van der Waals surface area contributed by atoms with Gasteiger partial charge in [-0.15, -0.1) is 0 Å². The smallest absolute Gasteiger partial charge is 0.267 e. The van der Waals surface area contributed by atoms with E-state index in [9.17, 15) is 9.59 Å². The number of pyridine rings is 2. The second-order valence-electron chi connectivity index (χ2n) is 3.36. The van der Waals surface area contributed by atoms with Crippen LogP contribution in [0, 0.1) is 0 Å². The van der Waals surface area contributed by atoms with Crippen LogP contribution in [0.2, 0.25) is 0 Å². The molecule has 0 aliphatic heterocycles. The Hall–Kier alpha value is -2.76. The fraction of sp³-hybridized carbons (Fsp3) is 0. The van der Waals surface area contributed by atoms with Crippen molar-refractivity contribution in [3.05, 3.63) is 60.2 Å². The lowest BCUT2D eigenvalue weighted by molar-refractivity contribution is 0.0844. The van der Waals surface area contributed by atoms with Gasteiger partial charge in [-0.3, -0.25) is 30.4 Å². The van der Waals surface area contributed by atoms with Crippen LogP contribution >= 0.6 is 0 Å². The van der Waals surface area contributed by atoms with Crippen molar-refractivity contribution in [3.63, 3.8) is 0 Å². The maximum absolute atomic E-state index is 11.6. The Balaban J connectivity index is 1.93. The van der Waals surface area contributed by atoms with Gasteiger partial charge in [-0.2, -0.15) is 0 Å². The first-order valence-electron chi connectivity index (χ1n) is 5.19. The number of hydrazine groups is 1. The summed E-state index contributed by atoms with van der Waals surface area (Å²) in [6, 6.07) is 8.03. The van der Waals surface area contributed by atoms with Crippen LogP contribution in [0.3, 0.4) is 0 Å². The molecule has 0 aliphatic rings. The second kappa shape index (κ2) is 5.53. The third-order valence-corrected chi connectivity index (χ3v) is 2.13. The van der Waals surface area contributed by atoms with Gasteiger partial charge in [0.25, 0.3) is 11.8 Å². The molecule has 6 nitrogen and oxygen atoms in total. The van der Waals surface area contributed by atoms with E-state index < -0.39 is 11.8 Å². The largest absolute Gasteiger partial charge is 0.288 e. The first kappa shape index (κ1) is 11.7. The van der Waals surface area contributed by atoms with Gasteiger partial charge in [0.05, 0.1) is 0 Å². The fourth-order valence-electron chi connectivity index (χ4n) is 1.25. The van der Waals surface area contributed by atoms with E-state index in [1.54, 1.807) is 30.3 Å². The van der Waals surface area contributed by atoms with Crippen LogP contribution in [0.15, 0.2) is 48.9 Å². The molecule has 2 rings (SSSR count). The summed E-state index contributed by atoms with van der Waals surface area (Å²) in [7, 11) is 0. The Morgan fingerprint density at radius 2 is 1.61 bits per heavy atom. The Kier molecular flexibility index (Phi) is 3.60. The van der Waals surface area contributed by atoms with Crippen LogP contribution in [0.5, 0.6) is 0 Å². The van der Waals surface area contributed by atoms with Crippen molar-refractivity contribution < 1.29 is 9.59 Å². The lowest BCUT2D eigenvalue weighted by atomic mass is 10.2. The number of aromatic nitrogens is 2. The number of hydrogen-bond donors (Lipinski definition) is 2. The predicted octanol–water partition coefficient (Wildman–Crippen LogP) is 0.551. The van der Waals surface area contributed by atoms with Crippen LogP contribution in [0.25, 0.3) is 0 Å². The Bertz CT molecular complexity index is 491. The van der Waals surface area contributed by atoms with E-state index in [2.05, 4.69) is 20.8 Å². The Morgan fingerprint density at radius 3 is 2.28 bits per heavy atom. The van der Waals surface area contributed by atoms with Crippen molar-refractivity contribution in [1.29, 1.82) is 0 Å². The molecule has 18 heavy (non-hydrogen) atoms. The first-order chi connectivity index (χ1) is 8.77. The van der Waals surface area contributed by atoms with Gasteiger partial charge in [0.1, 0.15) is 5.69 Å². The molecule has 0 unspecified atom stereocenters. The zero-order valence-corrected chi connectivity index (χ0v) is 9.33. The van der Waals surface area contributed by atoms with E-state index in [0.717, 1.165) is 0 Å². The Labute approximate surface area is 103 Å². The number of nitrogens with zero attached hydrogens (tertiary/aromatic N) is 2. The summed E-state index contributed by atoms with van der Waals surface area (Å²) in [5.41, 5.74) is 5.20. The van der Waals surface area contributed by atoms with Crippen LogP contribution in [0.4, 0.5) is 0 Å². The van der Waals surface area contributed by atoms with Crippen LogP contribution in [-0.4, -0.2) is 21.8 Å². The van der Waals surface area contributed by atoms with Gasteiger partial charge in [-0.05, 0) is 24.3 Å². The molecule has 2 aromatic heterocycles. The fourth-order valence-corrected chi connectivity index (χ4v) is 1.25. The highest BCUT2D eigenvalue weighted by atomic mass is 16.2. The minimum Gasteiger partial charge on any atom is -0.267 e. The molecule has 2 N–H and O–H groups in total. The Morgan fingerprint density at radius 1 is 0.889 bits per heavy atom. The lowest BCUT2D eigenvalue weighted by Crippen LogP contribution is -2.41. The van der Waals surface area contributed by atoms with Gasteiger partial charge in [0.15, 0.2) is 0 Å². The van der Waals surface area contributed by atoms with E-state index >= 15 is 0 Å². The summed E-state index contributed by atoms with van der Waals surface area (Å²) in [5.74, 6) is -0.889. The zero-order chi connectivity index (χ0) is 12.8. The van der Waals surface area contributed by atoms with E-state index in [1.165, 1.54) is 18.6 Å².